The fourth-order valence-electron chi connectivity index (χ4n) is 5.84. The lowest BCUT2D eigenvalue weighted by atomic mass is 10.0. The summed E-state index contributed by atoms with van der Waals surface area (Å²) in [5.74, 6) is -0.178. The number of rotatable bonds is 8. The summed E-state index contributed by atoms with van der Waals surface area (Å²) in [7, 11) is 0. The van der Waals surface area contributed by atoms with E-state index in [1.807, 2.05) is 54.7 Å². The van der Waals surface area contributed by atoms with Crippen LogP contribution in [0.15, 0.2) is 72.9 Å². The van der Waals surface area contributed by atoms with Gasteiger partial charge in [0.1, 0.15) is 17.9 Å². The molecule has 206 valence electrons. The van der Waals surface area contributed by atoms with Crippen LogP contribution in [0.1, 0.15) is 46.4 Å². The molecule has 2 N–H and O–H groups in total. The van der Waals surface area contributed by atoms with Crippen LogP contribution >= 0.6 is 0 Å². The third-order valence-electron chi connectivity index (χ3n) is 7.95. The molecule has 1 aromatic heterocycles. The molecule has 3 atom stereocenters. The Morgan fingerprint density at radius 2 is 1.85 bits per heavy atom. The predicted octanol–water partition coefficient (Wildman–Crippen LogP) is 2.65. The van der Waals surface area contributed by atoms with Gasteiger partial charge in [0, 0.05) is 56.9 Å². The van der Waals surface area contributed by atoms with Gasteiger partial charge in [-0.05, 0) is 54.3 Å². The normalized spacial score (nSPS) is 23.1. The first-order valence-electron chi connectivity index (χ1n) is 13.9. The van der Waals surface area contributed by atoms with E-state index in [0.29, 0.717) is 24.3 Å². The Morgan fingerprint density at radius 1 is 1.00 bits per heavy atom. The second-order valence-electron chi connectivity index (χ2n) is 10.7. The Hall–Kier alpha value is -4.08. The zero-order chi connectivity index (χ0) is 27.5. The number of benzene rings is 2. The molecule has 6 rings (SSSR count). The number of ether oxygens (including phenoxy) is 1. The lowest BCUT2D eigenvalue weighted by Crippen LogP contribution is -2.54. The minimum atomic E-state index is -0.632. The van der Waals surface area contributed by atoms with Gasteiger partial charge < -0.3 is 15.0 Å². The fraction of sp³-hybridized carbons (Fsp3) is 0.355. The Kier molecular flexibility index (Phi) is 7.57. The van der Waals surface area contributed by atoms with Gasteiger partial charge in [-0.1, -0.05) is 36.4 Å². The molecule has 3 aliphatic heterocycles. The third-order valence-corrected chi connectivity index (χ3v) is 7.95. The molecule has 2 saturated heterocycles. The molecule has 0 aliphatic carbocycles. The molecule has 0 saturated carbocycles. The molecule has 9 nitrogen and oxygen atoms in total. The number of pyridine rings is 1. The van der Waals surface area contributed by atoms with Gasteiger partial charge in [0.05, 0.1) is 5.69 Å². The number of hydrogen-bond donors (Lipinski definition) is 2. The van der Waals surface area contributed by atoms with E-state index < -0.39 is 11.9 Å². The number of amides is 3. The van der Waals surface area contributed by atoms with Crippen LogP contribution in [0.4, 0.5) is 0 Å². The number of aromatic nitrogens is 1. The molecule has 0 bridgehead atoms. The van der Waals surface area contributed by atoms with Gasteiger partial charge in [0.25, 0.3) is 5.91 Å². The Bertz CT molecular complexity index is 1380. The first-order valence-corrected chi connectivity index (χ1v) is 13.9. The molecule has 0 radical (unpaired) electrons. The maximum Gasteiger partial charge on any atom is 0.255 e. The quantitative estimate of drug-likeness (QED) is 0.424. The van der Waals surface area contributed by atoms with Crippen molar-refractivity contribution in [1.82, 2.24) is 25.4 Å². The lowest BCUT2D eigenvalue weighted by Gasteiger charge is -2.39. The van der Waals surface area contributed by atoms with Crippen molar-refractivity contribution in [3.8, 4) is 5.75 Å². The number of nitrogens with one attached hydrogen (secondary N) is 2. The maximum atomic E-state index is 13.1. The average molecular weight is 540 g/mol. The van der Waals surface area contributed by atoms with Gasteiger partial charge >= 0.3 is 0 Å². The van der Waals surface area contributed by atoms with Gasteiger partial charge in [-0.3, -0.25) is 29.6 Å². The number of imide groups is 1. The lowest BCUT2D eigenvalue weighted by molar-refractivity contribution is -0.136. The number of likely N-dealkylation sites (tertiary alicyclic amines) is 1. The average Bonchev–Trinajstić information content (AvgIpc) is 3.29. The van der Waals surface area contributed by atoms with E-state index in [-0.39, 0.29) is 30.4 Å². The largest absolute Gasteiger partial charge is 0.487 e. The van der Waals surface area contributed by atoms with E-state index in [2.05, 4.69) is 32.7 Å². The van der Waals surface area contributed by atoms with Crippen molar-refractivity contribution < 1.29 is 19.1 Å². The summed E-state index contributed by atoms with van der Waals surface area (Å²) in [5, 5.41) is 6.07. The predicted molar refractivity (Wildman–Crippen MR) is 148 cm³/mol. The van der Waals surface area contributed by atoms with E-state index in [9.17, 15) is 14.4 Å². The monoisotopic (exact) mass is 539 g/mol. The van der Waals surface area contributed by atoms with E-state index in [1.165, 1.54) is 5.56 Å². The molecule has 3 amide bonds. The Morgan fingerprint density at radius 3 is 2.65 bits per heavy atom. The highest BCUT2D eigenvalue weighted by molar-refractivity contribution is 6.05. The van der Waals surface area contributed by atoms with Crippen molar-refractivity contribution in [2.45, 2.75) is 57.1 Å². The molecule has 4 heterocycles. The van der Waals surface area contributed by atoms with Crippen LogP contribution in [-0.2, 0) is 29.2 Å². The van der Waals surface area contributed by atoms with Crippen LogP contribution in [-0.4, -0.2) is 63.8 Å². The van der Waals surface area contributed by atoms with Crippen molar-refractivity contribution in [1.29, 1.82) is 0 Å². The van der Waals surface area contributed by atoms with Gasteiger partial charge in [-0.2, -0.15) is 0 Å². The summed E-state index contributed by atoms with van der Waals surface area (Å²) < 4.78 is 6.62. The molecule has 40 heavy (non-hydrogen) atoms. The summed E-state index contributed by atoms with van der Waals surface area (Å²) in [6.07, 6.45) is 3.22. The number of nitrogens with zero attached hydrogens (tertiary/aromatic N) is 3. The van der Waals surface area contributed by atoms with Crippen LogP contribution < -0.4 is 15.4 Å². The molecular formula is C31H33N5O4. The van der Waals surface area contributed by atoms with Crippen LogP contribution in [0.2, 0.25) is 0 Å². The fourth-order valence-corrected chi connectivity index (χ4v) is 5.84. The second kappa shape index (κ2) is 11.6. The van der Waals surface area contributed by atoms with Gasteiger partial charge in [-0.25, -0.2) is 0 Å². The number of fused-ring (bicyclic) bond motifs is 1. The summed E-state index contributed by atoms with van der Waals surface area (Å²) in [6.45, 7) is 3.50. The van der Waals surface area contributed by atoms with Crippen LogP contribution in [0.5, 0.6) is 5.75 Å². The molecule has 3 aliphatic rings. The highest BCUT2D eigenvalue weighted by atomic mass is 16.5. The first kappa shape index (κ1) is 26.2. The number of carbonyl (C=O) groups is 3. The molecule has 2 fully saturated rings. The molecule has 0 spiro atoms. The molecule has 3 aromatic rings. The van der Waals surface area contributed by atoms with Crippen molar-refractivity contribution >= 4 is 17.7 Å². The summed E-state index contributed by atoms with van der Waals surface area (Å²) >= 11 is 0. The zero-order valence-corrected chi connectivity index (χ0v) is 22.3. The van der Waals surface area contributed by atoms with Crippen molar-refractivity contribution in [3.63, 3.8) is 0 Å². The molecular weight excluding hydrogens is 506 g/mol. The Labute approximate surface area is 233 Å². The minimum absolute atomic E-state index is 0.109. The summed E-state index contributed by atoms with van der Waals surface area (Å²) in [5.41, 5.74) is 3.67. The van der Waals surface area contributed by atoms with E-state index in [0.717, 1.165) is 43.9 Å². The van der Waals surface area contributed by atoms with Crippen LogP contribution in [0.25, 0.3) is 0 Å². The van der Waals surface area contributed by atoms with Crippen molar-refractivity contribution in [2.24, 2.45) is 0 Å². The van der Waals surface area contributed by atoms with Gasteiger partial charge in [0.15, 0.2) is 0 Å². The van der Waals surface area contributed by atoms with Crippen LogP contribution in [0.3, 0.4) is 0 Å². The highest BCUT2D eigenvalue weighted by Crippen LogP contribution is 2.31. The van der Waals surface area contributed by atoms with Gasteiger partial charge in [-0.15, -0.1) is 0 Å². The highest BCUT2D eigenvalue weighted by Gasteiger charge is 2.39. The maximum absolute atomic E-state index is 13.1. The number of hydrogen-bond acceptors (Lipinski definition) is 7. The van der Waals surface area contributed by atoms with Crippen molar-refractivity contribution in [3.05, 3.63) is 95.3 Å². The standard InChI is InChI=1S/C31H33N5O4/c37-29-12-11-27(30(38)34-29)36-18-22-16-24(9-10-25(22)31(36)39)40-28-20-35(19-23-8-4-5-14-32-23)15-13-26(28)33-17-21-6-2-1-3-7-21/h1-10,14,16,26-28,33H,11-13,15,17-20H2,(H,34,37,38)/t26-,27?,28-/m0/s1. The van der Waals surface area contributed by atoms with Crippen LogP contribution in [0, 0.1) is 0 Å². The van der Waals surface area contributed by atoms with E-state index in [1.54, 1.807) is 11.0 Å². The minimum Gasteiger partial charge on any atom is -0.487 e. The molecule has 2 aromatic carbocycles. The molecule has 9 heteroatoms. The zero-order valence-electron chi connectivity index (χ0n) is 22.3. The topological polar surface area (TPSA) is 104 Å². The number of carbonyl (C=O) groups excluding carboxylic acids is 3. The number of piperidine rings is 2. The van der Waals surface area contributed by atoms with Gasteiger partial charge in [0.2, 0.25) is 11.8 Å². The van der Waals surface area contributed by atoms with E-state index >= 15 is 0 Å². The smallest absolute Gasteiger partial charge is 0.255 e. The van der Waals surface area contributed by atoms with E-state index in [4.69, 9.17) is 4.74 Å². The third kappa shape index (κ3) is 5.76. The Balaban J connectivity index is 1.17. The summed E-state index contributed by atoms with van der Waals surface area (Å²) in [6, 6.07) is 21.4. The first-order chi connectivity index (χ1) is 19.5. The second-order valence-corrected chi connectivity index (χ2v) is 10.7. The molecule has 1 unspecified atom stereocenters. The summed E-state index contributed by atoms with van der Waals surface area (Å²) in [4.78, 5) is 45.5. The SMILES string of the molecule is O=C1CCC(N2Cc3cc(O[C@H]4CN(Cc5ccccn5)CC[C@@H]4NCc4ccccc4)ccc3C2=O)C(=O)N1. The van der Waals surface area contributed by atoms with Crippen molar-refractivity contribution in [2.75, 3.05) is 13.1 Å².